The number of amides is 1. The first kappa shape index (κ1) is 26.0. The molecule has 0 saturated heterocycles. The highest BCUT2D eigenvalue weighted by Crippen LogP contribution is 2.31. The van der Waals surface area contributed by atoms with E-state index in [4.69, 9.17) is 16.6 Å². The SMILES string of the molecule is Cc1cc(C)c(C(=O)NCc2ccc(CNc3cc(-c4ccccc4Cl)nc4c(Br)ccn34)cc2)c(C)c1. The summed E-state index contributed by atoms with van der Waals surface area (Å²) in [6.45, 7) is 7.12. The van der Waals surface area contributed by atoms with Crippen molar-refractivity contribution in [3.05, 3.63) is 122 Å². The molecule has 0 aliphatic rings. The Hall–Kier alpha value is -3.61. The minimum Gasteiger partial charge on any atom is -0.367 e. The molecule has 0 unspecified atom stereocenters. The number of nitrogens with one attached hydrogen (secondary N) is 2. The zero-order valence-electron chi connectivity index (χ0n) is 21.5. The maximum absolute atomic E-state index is 12.8. The van der Waals surface area contributed by atoms with E-state index in [-0.39, 0.29) is 5.91 Å². The van der Waals surface area contributed by atoms with Crippen molar-refractivity contribution < 1.29 is 4.79 Å². The molecule has 7 heteroatoms. The Balaban J connectivity index is 1.28. The molecule has 1 amide bonds. The van der Waals surface area contributed by atoms with Crippen molar-refractivity contribution in [1.29, 1.82) is 0 Å². The summed E-state index contributed by atoms with van der Waals surface area (Å²) in [7, 11) is 0. The van der Waals surface area contributed by atoms with Crippen LogP contribution in [0.3, 0.4) is 0 Å². The number of carbonyl (C=O) groups is 1. The van der Waals surface area contributed by atoms with E-state index in [2.05, 4.69) is 50.8 Å². The fourth-order valence-electron chi connectivity index (χ4n) is 4.77. The van der Waals surface area contributed by atoms with Gasteiger partial charge in [-0.2, -0.15) is 0 Å². The van der Waals surface area contributed by atoms with E-state index in [0.29, 0.717) is 18.1 Å². The van der Waals surface area contributed by atoms with Crippen molar-refractivity contribution in [3.63, 3.8) is 0 Å². The molecule has 5 aromatic rings. The fraction of sp³-hybridized carbons (Fsp3) is 0.161. The lowest BCUT2D eigenvalue weighted by Gasteiger charge is -2.14. The van der Waals surface area contributed by atoms with E-state index < -0.39 is 0 Å². The molecule has 0 fully saturated rings. The zero-order chi connectivity index (χ0) is 26.8. The van der Waals surface area contributed by atoms with E-state index in [1.165, 1.54) is 0 Å². The van der Waals surface area contributed by atoms with E-state index in [1.807, 2.05) is 79.9 Å². The molecule has 0 bridgehead atoms. The Morgan fingerprint density at radius 2 is 1.58 bits per heavy atom. The lowest BCUT2D eigenvalue weighted by atomic mass is 9.99. The van der Waals surface area contributed by atoms with Gasteiger partial charge in [0, 0.05) is 41.5 Å². The van der Waals surface area contributed by atoms with Gasteiger partial charge in [-0.3, -0.25) is 9.20 Å². The van der Waals surface area contributed by atoms with Gasteiger partial charge in [-0.1, -0.05) is 71.8 Å². The number of anilines is 1. The zero-order valence-corrected chi connectivity index (χ0v) is 23.8. The summed E-state index contributed by atoms with van der Waals surface area (Å²) in [5, 5.41) is 7.27. The van der Waals surface area contributed by atoms with Crippen molar-refractivity contribution in [2.24, 2.45) is 0 Å². The molecular formula is C31H28BrClN4O. The first-order chi connectivity index (χ1) is 18.3. The Morgan fingerprint density at radius 3 is 2.26 bits per heavy atom. The second-order valence-electron chi connectivity index (χ2n) is 9.49. The van der Waals surface area contributed by atoms with Crippen LogP contribution >= 0.6 is 27.5 Å². The number of halogens is 2. The number of rotatable bonds is 7. The maximum Gasteiger partial charge on any atom is 0.252 e. The van der Waals surface area contributed by atoms with Crippen molar-refractivity contribution >= 4 is 44.9 Å². The summed E-state index contributed by atoms with van der Waals surface area (Å²) in [5.74, 6) is 0.871. The third-order valence-corrected chi connectivity index (χ3v) is 7.52. The molecule has 0 saturated carbocycles. The van der Waals surface area contributed by atoms with Gasteiger partial charge in [-0.15, -0.1) is 0 Å². The number of hydrogen-bond donors (Lipinski definition) is 2. The minimum absolute atomic E-state index is 0.0420. The third-order valence-electron chi connectivity index (χ3n) is 6.57. The van der Waals surface area contributed by atoms with Gasteiger partial charge in [-0.05, 0) is 71.1 Å². The normalized spacial score (nSPS) is 11.1. The average Bonchev–Trinajstić information content (AvgIpc) is 3.27. The lowest BCUT2D eigenvalue weighted by Crippen LogP contribution is -2.24. The van der Waals surface area contributed by atoms with Crippen molar-refractivity contribution in [3.8, 4) is 11.3 Å². The van der Waals surface area contributed by atoms with E-state index in [9.17, 15) is 4.79 Å². The molecule has 0 spiro atoms. The summed E-state index contributed by atoms with van der Waals surface area (Å²) in [6, 6.07) is 24.1. The molecule has 2 N–H and O–H groups in total. The topological polar surface area (TPSA) is 58.4 Å². The summed E-state index contributed by atoms with van der Waals surface area (Å²) in [6.07, 6.45) is 1.98. The second-order valence-corrected chi connectivity index (χ2v) is 10.8. The lowest BCUT2D eigenvalue weighted by molar-refractivity contribution is 0.0949. The molecule has 38 heavy (non-hydrogen) atoms. The molecule has 2 heterocycles. The number of hydrogen-bond acceptors (Lipinski definition) is 3. The second kappa shape index (κ2) is 11.0. The molecule has 0 radical (unpaired) electrons. The molecule has 5 rings (SSSR count). The molecule has 2 aromatic heterocycles. The average molecular weight is 588 g/mol. The minimum atomic E-state index is -0.0420. The Labute approximate surface area is 236 Å². The highest BCUT2D eigenvalue weighted by molar-refractivity contribution is 9.10. The summed E-state index contributed by atoms with van der Waals surface area (Å²) in [5.41, 5.74) is 8.59. The van der Waals surface area contributed by atoms with E-state index in [0.717, 1.165) is 60.6 Å². The van der Waals surface area contributed by atoms with E-state index in [1.54, 1.807) is 0 Å². The number of nitrogens with zero attached hydrogens (tertiary/aromatic N) is 2. The summed E-state index contributed by atoms with van der Waals surface area (Å²) >= 11 is 10.1. The van der Waals surface area contributed by atoms with Crippen LogP contribution in [0, 0.1) is 20.8 Å². The monoisotopic (exact) mass is 586 g/mol. The molecule has 0 atom stereocenters. The van der Waals surface area contributed by atoms with Gasteiger partial charge in [0.05, 0.1) is 10.2 Å². The number of aryl methyl sites for hydroxylation is 3. The summed E-state index contributed by atoms with van der Waals surface area (Å²) < 4.78 is 2.93. The van der Waals surface area contributed by atoms with Crippen LogP contribution < -0.4 is 10.6 Å². The van der Waals surface area contributed by atoms with Crippen LogP contribution in [0.15, 0.2) is 83.5 Å². The van der Waals surface area contributed by atoms with Crippen LogP contribution in [0.5, 0.6) is 0 Å². The van der Waals surface area contributed by atoms with Crippen LogP contribution in [-0.2, 0) is 13.1 Å². The Kier molecular flexibility index (Phi) is 7.54. The first-order valence-electron chi connectivity index (χ1n) is 12.4. The van der Waals surface area contributed by atoms with Gasteiger partial charge >= 0.3 is 0 Å². The van der Waals surface area contributed by atoms with Gasteiger partial charge in [0.2, 0.25) is 0 Å². The summed E-state index contributed by atoms with van der Waals surface area (Å²) in [4.78, 5) is 17.6. The van der Waals surface area contributed by atoms with Crippen molar-refractivity contribution in [1.82, 2.24) is 14.7 Å². The standard InChI is InChI=1S/C31H28BrClN4O/c1-19-14-20(2)29(21(3)15-19)31(38)35-18-23-10-8-22(9-11-23)17-34-28-16-27(24-6-4-5-7-26(24)33)36-30-25(32)12-13-37(28)30/h4-16,34H,17-18H2,1-3H3,(H,35,38). The van der Waals surface area contributed by atoms with E-state index >= 15 is 0 Å². The van der Waals surface area contributed by atoms with Crippen LogP contribution in [0.25, 0.3) is 16.9 Å². The van der Waals surface area contributed by atoms with Crippen LogP contribution in [-0.4, -0.2) is 15.3 Å². The van der Waals surface area contributed by atoms with Crippen LogP contribution in [0.2, 0.25) is 5.02 Å². The predicted octanol–water partition coefficient (Wildman–Crippen LogP) is 7.88. The quantitative estimate of drug-likeness (QED) is 0.204. The van der Waals surface area contributed by atoms with Gasteiger partial charge in [0.15, 0.2) is 5.65 Å². The number of benzene rings is 3. The molecular weight excluding hydrogens is 560 g/mol. The fourth-order valence-corrected chi connectivity index (χ4v) is 5.40. The van der Waals surface area contributed by atoms with Crippen LogP contribution in [0.4, 0.5) is 5.82 Å². The Morgan fingerprint density at radius 1 is 0.921 bits per heavy atom. The smallest absolute Gasteiger partial charge is 0.252 e. The molecule has 192 valence electrons. The molecule has 0 aliphatic carbocycles. The van der Waals surface area contributed by atoms with Gasteiger partial charge in [0.1, 0.15) is 5.82 Å². The molecule has 5 nitrogen and oxygen atoms in total. The third kappa shape index (κ3) is 5.47. The Bertz CT molecular complexity index is 1620. The van der Waals surface area contributed by atoms with Crippen molar-refractivity contribution in [2.75, 3.05) is 5.32 Å². The number of fused-ring (bicyclic) bond motifs is 1. The number of carbonyl (C=O) groups excluding carboxylic acids is 1. The predicted molar refractivity (Wildman–Crippen MR) is 159 cm³/mol. The maximum atomic E-state index is 12.8. The van der Waals surface area contributed by atoms with Crippen molar-refractivity contribution in [2.45, 2.75) is 33.9 Å². The number of aromatic nitrogens is 2. The highest BCUT2D eigenvalue weighted by Gasteiger charge is 2.14. The largest absolute Gasteiger partial charge is 0.367 e. The van der Waals surface area contributed by atoms with Gasteiger partial charge in [-0.25, -0.2) is 4.98 Å². The molecule has 3 aromatic carbocycles. The highest BCUT2D eigenvalue weighted by atomic mass is 79.9. The first-order valence-corrected chi connectivity index (χ1v) is 13.6. The van der Waals surface area contributed by atoms with Crippen LogP contribution in [0.1, 0.15) is 38.2 Å². The molecule has 0 aliphatic heterocycles. The van der Waals surface area contributed by atoms with Gasteiger partial charge < -0.3 is 10.6 Å². The van der Waals surface area contributed by atoms with Gasteiger partial charge in [0.25, 0.3) is 5.91 Å².